The molecular weight excluding hydrogens is 340 g/mol. The van der Waals surface area contributed by atoms with E-state index in [0.717, 1.165) is 50.3 Å². The fraction of sp³-hybridized carbons (Fsp3) is 0.600. The Morgan fingerprint density at radius 3 is 2.41 bits per heavy atom. The van der Waals surface area contributed by atoms with Gasteiger partial charge in [0.1, 0.15) is 12.1 Å². The Bertz CT molecular complexity index is 880. The minimum atomic E-state index is 0.0731. The Labute approximate surface area is 159 Å². The molecule has 2 saturated carbocycles. The summed E-state index contributed by atoms with van der Waals surface area (Å²) < 4.78 is 1.87. The molecule has 27 heavy (non-hydrogen) atoms. The molecule has 2 aromatic rings. The predicted molar refractivity (Wildman–Crippen MR) is 104 cm³/mol. The van der Waals surface area contributed by atoms with Crippen LogP contribution in [-0.4, -0.2) is 44.7 Å². The van der Waals surface area contributed by atoms with E-state index in [1.165, 1.54) is 12.8 Å². The van der Waals surface area contributed by atoms with E-state index in [1.54, 1.807) is 12.5 Å². The summed E-state index contributed by atoms with van der Waals surface area (Å²) in [5.74, 6) is 1.68. The van der Waals surface area contributed by atoms with E-state index >= 15 is 0 Å². The number of nitrogens with zero attached hydrogens (tertiary/aromatic N) is 6. The Morgan fingerprint density at radius 1 is 1.00 bits per heavy atom. The second kappa shape index (κ2) is 6.62. The summed E-state index contributed by atoms with van der Waals surface area (Å²) >= 11 is 0. The van der Waals surface area contributed by atoms with E-state index in [4.69, 9.17) is 0 Å². The quantitative estimate of drug-likeness (QED) is 0.809. The summed E-state index contributed by atoms with van der Waals surface area (Å²) in [6.45, 7) is 3.76. The lowest BCUT2D eigenvalue weighted by Gasteiger charge is -2.39. The monoisotopic (exact) mass is 366 g/mol. The van der Waals surface area contributed by atoms with E-state index < -0.39 is 0 Å². The molecule has 2 aliphatic carbocycles. The van der Waals surface area contributed by atoms with Crippen LogP contribution < -0.4 is 15.4 Å². The normalized spacial score (nSPS) is 20.7. The van der Waals surface area contributed by atoms with Crippen molar-refractivity contribution in [2.24, 2.45) is 0 Å². The van der Waals surface area contributed by atoms with E-state index in [1.807, 2.05) is 17.7 Å². The van der Waals surface area contributed by atoms with Crippen molar-refractivity contribution in [1.29, 1.82) is 0 Å². The third-order valence-corrected chi connectivity index (χ3v) is 5.94. The summed E-state index contributed by atoms with van der Waals surface area (Å²) in [7, 11) is 0. The van der Waals surface area contributed by atoms with Gasteiger partial charge in [-0.15, -0.1) is 0 Å². The second-order valence-corrected chi connectivity index (χ2v) is 8.07. The maximum absolute atomic E-state index is 12.8. The summed E-state index contributed by atoms with van der Waals surface area (Å²) in [6.07, 6.45) is 12.1. The molecule has 3 fully saturated rings. The van der Waals surface area contributed by atoms with Gasteiger partial charge in [0.05, 0.1) is 0 Å². The lowest BCUT2D eigenvalue weighted by atomic mass is 10.0. The molecule has 0 amide bonds. The van der Waals surface area contributed by atoms with Crippen LogP contribution in [0.2, 0.25) is 0 Å². The molecule has 0 N–H and O–H groups in total. The molecular formula is C20H26N6O. The van der Waals surface area contributed by atoms with Crippen molar-refractivity contribution in [3.8, 4) is 0 Å². The predicted octanol–water partition coefficient (Wildman–Crippen LogP) is 2.31. The van der Waals surface area contributed by atoms with Gasteiger partial charge >= 0.3 is 0 Å². The van der Waals surface area contributed by atoms with Gasteiger partial charge in [0.2, 0.25) is 0 Å². The van der Waals surface area contributed by atoms with Gasteiger partial charge in [0, 0.05) is 55.4 Å². The highest BCUT2D eigenvalue weighted by Crippen LogP contribution is 2.36. The highest BCUT2D eigenvalue weighted by atomic mass is 16.1. The molecule has 0 aromatic carbocycles. The van der Waals surface area contributed by atoms with E-state index in [2.05, 4.69) is 30.8 Å². The van der Waals surface area contributed by atoms with Gasteiger partial charge < -0.3 is 14.4 Å². The minimum absolute atomic E-state index is 0.0731. The van der Waals surface area contributed by atoms with E-state index in [0.29, 0.717) is 23.9 Å². The average Bonchev–Trinajstić information content (AvgIpc) is 3.57. The number of aryl methyl sites for hydroxylation is 1. The van der Waals surface area contributed by atoms with E-state index in [9.17, 15) is 4.79 Å². The van der Waals surface area contributed by atoms with Crippen LogP contribution in [0.4, 0.5) is 11.6 Å². The van der Waals surface area contributed by atoms with Gasteiger partial charge in [-0.2, -0.15) is 0 Å². The lowest BCUT2D eigenvalue weighted by molar-refractivity contribution is 0.455. The Kier molecular flexibility index (Phi) is 4.10. The Hall–Kier alpha value is -2.44. The van der Waals surface area contributed by atoms with Gasteiger partial charge in [-0.1, -0.05) is 0 Å². The van der Waals surface area contributed by atoms with Gasteiger partial charge in [-0.25, -0.2) is 15.0 Å². The fourth-order valence-electron chi connectivity index (χ4n) is 4.23. The van der Waals surface area contributed by atoms with E-state index in [-0.39, 0.29) is 5.56 Å². The van der Waals surface area contributed by atoms with Gasteiger partial charge in [-0.3, -0.25) is 4.79 Å². The molecule has 0 unspecified atom stereocenters. The van der Waals surface area contributed by atoms with Crippen LogP contribution in [0.1, 0.15) is 50.3 Å². The zero-order valence-electron chi connectivity index (χ0n) is 15.8. The molecule has 1 saturated heterocycles. The third kappa shape index (κ3) is 3.31. The van der Waals surface area contributed by atoms with Crippen LogP contribution in [-0.2, 0) is 0 Å². The minimum Gasteiger partial charge on any atom is -0.352 e. The largest absolute Gasteiger partial charge is 0.352 e. The maximum Gasteiger partial charge on any atom is 0.293 e. The van der Waals surface area contributed by atoms with Crippen LogP contribution in [0.25, 0.3) is 0 Å². The maximum atomic E-state index is 12.8. The average molecular weight is 366 g/mol. The SMILES string of the molecule is Cc1cc(N(C2CC2)C2CCN(c3nccn(C4CC4)c3=O)CC2)ncn1. The first kappa shape index (κ1) is 16.7. The molecule has 2 aromatic heterocycles. The zero-order chi connectivity index (χ0) is 18.4. The van der Waals surface area contributed by atoms with Crippen molar-refractivity contribution in [2.75, 3.05) is 22.9 Å². The molecule has 7 nitrogen and oxygen atoms in total. The third-order valence-electron chi connectivity index (χ3n) is 5.94. The standard InChI is InChI=1S/C20H26N6O/c1-14-12-18(23-13-22-14)26(16-4-5-16)17-6-9-24(10-7-17)19-20(27)25(11-8-21-19)15-2-3-15/h8,11-13,15-17H,2-7,9-10H2,1H3. The van der Waals surface area contributed by atoms with Crippen molar-refractivity contribution in [3.05, 3.63) is 40.8 Å². The van der Waals surface area contributed by atoms with Crippen molar-refractivity contribution in [2.45, 2.75) is 63.6 Å². The van der Waals surface area contributed by atoms with Crippen LogP contribution in [0, 0.1) is 6.92 Å². The number of hydrogen-bond acceptors (Lipinski definition) is 6. The van der Waals surface area contributed by atoms with Crippen LogP contribution in [0.5, 0.6) is 0 Å². The molecule has 3 heterocycles. The topological polar surface area (TPSA) is 67.2 Å². The van der Waals surface area contributed by atoms with Crippen molar-refractivity contribution >= 4 is 11.6 Å². The molecule has 0 bridgehead atoms. The highest BCUT2D eigenvalue weighted by molar-refractivity contribution is 5.45. The van der Waals surface area contributed by atoms with Crippen LogP contribution in [0.3, 0.4) is 0 Å². The molecule has 0 radical (unpaired) electrons. The van der Waals surface area contributed by atoms with Gasteiger partial charge in [0.25, 0.3) is 5.56 Å². The first-order chi connectivity index (χ1) is 13.2. The number of aromatic nitrogens is 4. The zero-order valence-corrected chi connectivity index (χ0v) is 15.8. The van der Waals surface area contributed by atoms with Gasteiger partial charge in [-0.05, 0) is 45.4 Å². The molecule has 1 aliphatic heterocycles. The molecule has 0 atom stereocenters. The lowest BCUT2D eigenvalue weighted by Crippen LogP contribution is -2.48. The smallest absolute Gasteiger partial charge is 0.293 e. The number of rotatable bonds is 5. The van der Waals surface area contributed by atoms with Crippen LogP contribution >= 0.6 is 0 Å². The number of hydrogen-bond donors (Lipinski definition) is 0. The summed E-state index contributed by atoms with van der Waals surface area (Å²) in [5.41, 5.74) is 1.08. The molecule has 5 rings (SSSR count). The highest BCUT2D eigenvalue weighted by Gasteiger charge is 2.37. The summed E-state index contributed by atoms with van der Waals surface area (Å²) in [6, 6.07) is 3.57. The molecule has 7 heteroatoms. The molecule has 0 spiro atoms. The first-order valence-corrected chi connectivity index (χ1v) is 10.1. The Morgan fingerprint density at radius 2 is 1.74 bits per heavy atom. The number of piperidine rings is 1. The van der Waals surface area contributed by atoms with Crippen molar-refractivity contribution in [1.82, 2.24) is 19.5 Å². The van der Waals surface area contributed by atoms with Crippen molar-refractivity contribution in [3.63, 3.8) is 0 Å². The Balaban J connectivity index is 1.32. The summed E-state index contributed by atoms with van der Waals surface area (Å²) in [5, 5.41) is 0. The van der Waals surface area contributed by atoms with Gasteiger partial charge in [0.15, 0.2) is 5.82 Å². The van der Waals surface area contributed by atoms with Crippen molar-refractivity contribution < 1.29 is 0 Å². The van der Waals surface area contributed by atoms with Crippen LogP contribution in [0.15, 0.2) is 29.6 Å². The molecule has 142 valence electrons. The second-order valence-electron chi connectivity index (χ2n) is 8.07. The number of anilines is 2. The molecule has 3 aliphatic rings. The fourth-order valence-corrected chi connectivity index (χ4v) is 4.23. The summed E-state index contributed by atoms with van der Waals surface area (Å²) in [4.78, 5) is 30.7. The first-order valence-electron chi connectivity index (χ1n) is 10.1.